The Morgan fingerprint density at radius 1 is 1.32 bits per heavy atom. The second-order valence-corrected chi connectivity index (χ2v) is 5.33. The molecular weight excluding hydrogens is 283 g/mol. The molecule has 0 amide bonds. The molecule has 2 aromatic rings. The van der Waals surface area contributed by atoms with Gasteiger partial charge in [-0.1, -0.05) is 6.92 Å². The molecule has 5 nitrogen and oxygen atoms in total. The Kier molecular flexibility index (Phi) is 4.58. The van der Waals surface area contributed by atoms with E-state index in [0.717, 1.165) is 18.5 Å². The van der Waals surface area contributed by atoms with Crippen LogP contribution in [-0.2, 0) is 17.8 Å². The number of ether oxygens (including phenoxy) is 1. The van der Waals surface area contributed by atoms with Gasteiger partial charge in [0.05, 0.1) is 18.4 Å². The van der Waals surface area contributed by atoms with Crippen molar-refractivity contribution in [1.29, 1.82) is 0 Å². The number of hydrogen-bond acceptors (Lipinski definition) is 5. The third kappa shape index (κ3) is 3.22. The number of rotatable bonds is 5. The van der Waals surface area contributed by atoms with Crippen molar-refractivity contribution >= 4 is 5.82 Å². The maximum atomic E-state index is 14.3. The number of aromatic nitrogens is 3. The number of aryl methyl sites for hydroxylation is 1. The summed E-state index contributed by atoms with van der Waals surface area (Å²) >= 11 is 0. The molecule has 0 N–H and O–H groups in total. The van der Waals surface area contributed by atoms with Gasteiger partial charge in [-0.3, -0.25) is 4.98 Å². The summed E-state index contributed by atoms with van der Waals surface area (Å²) in [6.07, 6.45) is 6.47. The van der Waals surface area contributed by atoms with Crippen LogP contribution >= 0.6 is 0 Å². The SMILES string of the molecule is CCc1ncnc(N2CCC(OCc3ccncc3)C2)c1F. The second kappa shape index (κ2) is 6.79. The summed E-state index contributed by atoms with van der Waals surface area (Å²) in [6, 6.07) is 3.87. The minimum Gasteiger partial charge on any atom is -0.372 e. The molecule has 1 atom stereocenters. The summed E-state index contributed by atoms with van der Waals surface area (Å²) in [5.74, 6) is 0.0849. The lowest BCUT2D eigenvalue weighted by atomic mass is 10.3. The number of pyridine rings is 1. The highest BCUT2D eigenvalue weighted by atomic mass is 19.1. The highest BCUT2D eigenvalue weighted by Gasteiger charge is 2.27. The van der Waals surface area contributed by atoms with Crippen molar-refractivity contribution in [3.63, 3.8) is 0 Å². The van der Waals surface area contributed by atoms with E-state index in [1.807, 2.05) is 24.0 Å². The zero-order valence-corrected chi connectivity index (χ0v) is 12.6. The third-order valence-corrected chi connectivity index (χ3v) is 3.86. The van der Waals surface area contributed by atoms with E-state index in [4.69, 9.17) is 4.74 Å². The van der Waals surface area contributed by atoms with Gasteiger partial charge in [0.25, 0.3) is 0 Å². The molecule has 2 aromatic heterocycles. The van der Waals surface area contributed by atoms with E-state index in [0.29, 0.717) is 31.1 Å². The van der Waals surface area contributed by atoms with E-state index < -0.39 is 0 Å². The van der Waals surface area contributed by atoms with Crippen LogP contribution in [0, 0.1) is 5.82 Å². The number of anilines is 1. The molecule has 6 heteroatoms. The van der Waals surface area contributed by atoms with Gasteiger partial charge in [-0.15, -0.1) is 0 Å². The van der Waals surface area contributed by atoms with Crippen molar-refractivity contribution in [2.45, 2.75) is 32.5 Å². The molecule has 0 saturated carbocycles. The number of hydrogen-bond donors (Lipinski definition) is 0. The van der Waals surface area contributed by atoms with E-state index in [1.165, 1.54) is 6.33 Å². The second-order valence-electron chi connectivity index (χ2n) is 5.33. The molecule has 1 fully saturated rings. The van der Waals surface area contributed by atoms with E-state index in [9.17, 15) is 4.39 Å². The fourth-order valence-corrected chi connectivity index (χ4v) is 2.61. The topological polar surface area (TPSA) is 51.1 Å². The first-order valence-electron chi connectivity index (χ1n) is 7.52. The maximum Gasteiger partial charge on any atom is 0.187 e. The van der Waals surface area contributed by atoms with Crippen LogP contribution in [-0.4, -0.2) is 34.1 Å². The number of halogens is 1. The van der Waals surface area contributed by atoms with Gasteiger partial charge in [-0.05, 0) is 30.5 Å². The largest absolute Gasteiger partial charge is 0.372 e. The Labute approximate surface area is 129 Å². The number of nitrogens with zero attached hydrogens (tertiary/aromatic N) is 4. The first kappa shape index (κ1) is 14.8. The van der Waals surface area contributed by atoms with Crippen molar-refractivity contribution < 1.29 is 9.13 Å². The summed E-state index contributed by atoms with van der Waals surface area (Å²) < 4.78 is 20.2. The van der Waals surface area contributed by atoms with Crippen LogP contribution < -0.4 is 4.90 Å². The molecule has 0 aliphatic carbocycles. The fraction of sp³-hybridized carbons (Fsp3) is 0.438. The van der Waals surface area contributed by atoms with Crippen LogP contribution in [0.3, 0.4) is 0 Å². The van der Waals surface area contributed by atoms with Gasteiger partial charge >= 0.3 is 0 Å². The monoisotopic (exact) mass is 302 g/mol. The lowest BCUT2D eigenvalue weighted by molar-refractivity contribution is 0.0552. The first-order chi connectivity index (χ1) is 10.8. The van der Waals surface area contributed by atoms with Crippen molar-refractivity contribution in [2.75, 3.05) is 18.0 Å². The van der Waals surface area contributed by atoms with Crippen molar-refractivity contribution in [2.24, 2.45) is 0 Å². The van der Waals surface area contributed by atoms with E-state index in [1.54, 1.807) is 12.4 Å². The van der Waals surface area contributed by atoms with Gasteiger partial charge in [-0.2, -0.15) is 0 Å². The predicted molar refractivity (Wildman–Crippen MR) is 81.0 cm³/mol. The van der Waals surface area contributed by atoms with Crippen molar-refractivity contribution in [3.8, 4) is 0 Å². The average molecular weight is 302 g/mol. The van der Waals surface area contributed by atoms with E-state index in [2.05, 4.69) is 15.0 Å². The molecule has 1 unspecified atom stereocenters. The summed E-state index contributed by atoms with van der Waals surface area (Å²) in [4.78, 5) is 14.0. The van der Waals surface area contributed by atoms with Crippen LogP contribution in [0.4, 0.5) is 10.2 Å². The molecule has 1 saturated heterocycles. The highest BCUT2D eigenvalue weighted by Crippen LogP contribution is 2.24. The molecule has 116 valence electrons. The lowest BCUT2D eigenvalue weighted by Gasteiger charge is -2.18. The normalized spacial score (nSPS) is 17.9. The van der Waals surface area contributed by atoms with E-state index in [-0.39, 0.29) is 11.9 Å². The highest BCUT2D eigenvalue weighted by molar-refractivity contribution is 5.42. The minimum absolute atomic E-state index is 0.0904. The van der Waals surface area contributed by atoms with Gasteiger partial charge in [0.15, 0.2) is 11.6 Å². The molecule has 22 heavy (non-hydrogen) atoms. The smallest absolute Gasteiger partial charge is 0.187 e. The van der Waals surface area contributed by atoms with Crippen LogP contribution in [0.5, 0.6) is 0 Å². The van der Waals surface area contributed by atoms with Crippen LogP contribution in [0.1, 0.15) is 24.6 Å². The summed E-state index contributed by atoms with van der Waals surface area (Å²) in [5, 5.41) is 0. The lowest BCUT2D eigenvalue weighted by Crippen LogP contribution is -2.25. The summed E-state index contributed by atoms with van der Waals surface area (Å²) in [6.45, 7) is 3.84. The quantitative estimate of drug-likeness (QED) is 0.848. The Morgan fingerprint density at radius 3 is 2.91 bits per heavy atom. The van der Waals surface area contributed by atoms with Crippen molar-refractivity contribution in [3.05, 3.63) is 47.9 Å². The predicted octanol–water partition coefficient (Wildman–Crippen LogP) is 2.37. The minimum atomic E-state index is -0.306. The van der Waals surface area contributed by atoms with Crippen LogP contribution in [0.25, 0.3) is 0 Å². The fourth-order valence-electron chi connectivity index (χ4n) is 2.61. The molecule has 0 spiro atoms. The Balaban J connectivity index is 1.60. The summed E-state index contributed by atoms with van der Waals surface area (Å²) in [5.41, 5.74) is 1.56. The van der Waals surface area contributed by atoms with Gasteiger partial charge < -0.3 is 9.64 Å². The molecule has 1 aliphatic heterocycles. The molecule has 3 rings (SSSR count). The third-order valence-electron chi connectivity index (χ3n) is 3.86. The van der Waals surface area contributed by atoms with Gasteiger partial charge in [0, 0.05) is 25.5 Å². The molecule has 0 aromatic carbocycles. The average Bonchev–Trinajstić information content (AvgIpc) is 3.03. The standard InChI is InChI=1S/C16H19FN4O/c1-2-14-15(17)16(20-11-19-14)21-8-5-13(9-21)22-10-12-3-6-18-7-4-12/h3-4,6-7,11,13H,2,5,8-10H2,1H3. The van der Waals surface area contributed by atoms with E-state index >= 15 is 0 Å². The van der Waals surface area contributed by atoms with Gasteiger partial charge in [0.2, 0.25) is 0 Å². The Hall–Kier alpha value is -2.08. The zero-order chi connectivity index (χ0) is 15.4. The molecule has 0 bridgehead atoms. The van der Waals surface area contributed by atoms with Gasteiger partial charge in [-0.25, -0.2) is 14.4 Å². The van der Waals surface area contributed by atoms with Crippen molar-refractivity contribution in [1.82, 2.24) is 15.0 Å². The first-order valence-corrected chi connectivity index (χ1v) is 7.52. The molecule has 0 radical (unpaired) electrons. The molecule has 1 aliphatic rings. The summed E-state index contributed by atoms with van der Waals surface area (Å²) in [7, 11) is 0. The Morgan fingerprint density at radius 2 is 2.14 bits per heavy atom. The zero-order valence-electron chi connectivity index (χ0n) is 12.6. The van der Waals surface area contributed by atoms with Crippen LogP contribution in [0.15, 0.2) is 30.9 Å². The molecule has 3 heterocycles. The molecular formula is C16H19FN4O. The van der Waals surface area contributed by atoms with Gasteiger partial charge in [0.1, 0.15) is 6.33 Å². The Bertz CT molecular complexity index is 623. The van der Waals surface area contributed by atoms with Crippen LogP contribution in [0.2, 0.25) is 0 Å². The maximum absolute atomic E-state index is 14.3.